The summed E-state index contributed by atoms with van der Waals surface area (Å²) in [5, 5.41) is 2.61. The monoisotopic (exact) mass is 295 g/mol. The van der Waals surface area contributed by atoms with Gasteiger partial charge in [0.15, 0.2) is 0 Å². The maximum absolute atomic E-state index is 5.98. The fraction of sp³-hybridized carbons (Fsp3) is 0.0556. The first kappa shape index (κ1) is 13.7. The molecule has 0 aliphatic heterocycles. The molecule has 3 rings (SSSR count). The lowest BCUT2D eigenvalue weighted by molar-refractivity contribution is 0.618. The zero-order valence-corrected chi connectivity index (χ0v) is 12.2. The van der Waals surface area contributed by atoms with Gasteiger partial charge >= 0.3 is 0 Å². The van der Waals surface area contributed by atoms with Crippen molar-refractivity contribution in [1.82, 2.24) is 0 Å². The molecule has 21 heavy (non-hydrogen) atoms. The molecule has 0 N–H and O–H groups in total. The van der Waals surface area contributed by atoms with Crippen LogP contribution in [0.4, 0.5) is 0 Å². The fourth-order valence-electron chi connectivity index (χ4n) is 2.17. The summed E-state index contributed by atoms with van der Waals surface area (Å²) in [6.45, 7) is 4.29. The van der Waals surface area contributed by atoms with Gasteiger partial charge in [-0.05, 0) is 36.4 Å². The Morgan fingerprint density at radius 3 is 2.62 bits per heavy atom. The van der Waals surface area contributed by atoms with Gasteiger partial charge in [0.25, 0.3) is 0 Å². The van der Waals surface area contributed by atoms with E-state index in [-0.39, 0.29) is 0 Å². The van der Waals surface area contributed by atoms with Crippen molar-refractivity contribution in [3.63, 3.8) is 0 Å². The Kier molecular flexibility index (Phi) is 3.89. The van der Waals surface area contributed by atoms with Crippen molar-refractivity contribution in [1.29, 1.82) is 0 Å². The average molecular weight is 296 g/mol. The van der Waals surface area contributed by atoms with Gasteiger partial charge < -0.3 is 4.42 Å². The summed E-state index contributed by atoms with van der Waals surface area (Å²) in [6, 6.07) is 17.4. The van der Waals surface area contributed by atoms with Gasteiger partial charge in [0.05, 0.1) is 11.9 Å². The van der Waals surface area contributed by atoms with Crippen LogP contribution in [0.25, 0.3) is 22.3 Å². The standard InChI is InChI=1S/C18H14ClNO/c1-2-11-20-16-12-18(13-7-9-14(19)10-8-13)21-17-6-4-3-5-15(16)17/h2-10,12H,1,11H2. The zero-order valence-electron chi connectivity index (χ0n) is 11.4. The molecule has 0 unspecified atom stereocenters. The summed E-state index contributed by atoms with van der Waals surface area (Å²) >= 11 is 5.93. The first-order valence-electron chi connectivity index (χ1n) is 6.68. The second-order valence-electron chi connectivity index (χ2n) is 4.63. The van der Waals surface area contributed by atoms with E-state index in [1.807, 2.05) is 54.6 Å². The molecule has 0 saturated carbocycles. The van der Waals surface area contributed by atoms with E-state index in [0.717, 1.165) is 27.7 Å². The molecule has 0 saturated heterocycles. The highest BCUT2D eigenvalue weighted by molar-refractivity contribution is 6.30. The third-order valence-electron chi connectivity index (χ3n) is 3.17. The van der Waals surface area contributed by atoms with E-state index < -0.39 is 0 Å². The lowest BCUT2D eigenvalue weighted by atomic mass is 10.1. The Morgan fingerprint density at radius 1 is 1.10 bits per heavy atom. The molecule has 0 atom stereocenters. The SMILES string of the molecule is C=CCN=c1cc(-c2ccc(Cl)cc2)oc2ccccc12. The largest absolute Gasteiger partial charge is 0.456 e. The highest BCUT2D eigenvalue weighted by atomic mass is 35.5. The maximum Gasteiger partial charge on any atom is 0.136 e. The van der Waals surface area contributed by atoms with Gasteiger partial charge in [-0.3, -0.25) is 4.99 Å². The van der Waals surface area contributed by atoms with Gasteiger partial charge in [0.1, 0.15) is 11.3 Å². The van der Waals surface area contributed by atoms with Crippen LogP contribution in [0, 0.1) is 0 Å². The fourth-order valence-corrected chi connectivity index (χ4v) is 2.29. The van der Waals surface area contributed by atoms with Gasteiger partial charge in [-0.1, -0.05) is 29.8 Å². The number of hydrogen-bond acceptors (Lipinski definition) is 2. The Balaban J connectivity index is 2.25. The van der Waals surface area contributed by atoms with Crippen LogP contribution in [0.2, 0.25) is 5.02 Å². The molecule has 0 amide bonds. The highest BCUT2D eigenvalue weighted by Crippen LogP contribution is 2.23. The third-order valence-corrected chi connectivity index (χ3v) is 3.42. The smallest absolute Gasteiger partial charge is 0.136 e. The Morgan fingerprint density at radius 2 is 1.86 bits per heavy atom. The average Bonchev–Trinajstić information content (AvgIpc) is 2.53. The zero-order chi connectivity index (χ0) is 14.7. The second-order valence-corrected chi connectivity index (χ2v) is 5.06. The van der Waals surface area contributed by atoms with Crippen molar-refractivity contribution in [3.8, 4) is 11.3 Å². The summed E-state index contributed by atoms with van der Waals surface area (Å²) in [7, 11) is 0. The number of para-hydroxylation sites is 1. The Labute approximate surface area is 128 Å². The molecule has 0 spiro atoms. The number of nitrogens with zero attached hydrogens (tertiary/aromatic N) is 1. The van der Waals surface area contributed by atoms with E-state index >= 15 is 0 Å². The summed E-state index contributed by atoms with van der Waals surface area (Å²) in [5.74, 6) is 0.771. The molecule has 3 aromatic rings. The molecular weight excluding hydrogens is 282 g/mol. The predicted molar refractivity (Wildman–Crippen MR) is 87.3 cm³/mol. The molecule has 0 radical (unpaired) electrons. The summed E-state index contributed by atoms with van der Waals surface area (Å²) in [4.78, 5) is 4.55. The first-order valence-corrected chi connectivity index (χ1v) is 7.06. The Bertz CT molecular complexity index is 847. The molecule has 3 heteroatoms. The molecule has 0 aliphatic rings. The lowest BCUT2D eigenvalue weighted by Gasteiger charge is -2.05. The quantitative estimate of drug-likeness (QED) is 0.635. The maximum atomic E-state index is 5.98. The van der Waals surface area contributed by atoms with Gasteiger partial charge in [0, 0.05) is 22.0 Å². The lowest BCUT2D eigenvalue weighted by Crippen LogP contribution is -2.04. The van der Waals surface area contributed by atoms with Crippen LogP contribution in [0.5, 0.6) is 0 Å². The van der Waals surface area contributed by atoms with Crippen molar-refractivity contribution in [2.45, 2.75) is 0 Å². The molecule has 0 aliphatic carbocycles. The van der Waals surface area contributed by atoms with Crippen LogP contribution >= 0.6 is 11.6 Å². The van der Waals surface area contributed by atoms with Crippen LogP contribution in [-0.2, 0) is 0 Å². The van der Waals surface area contributed by atoms with Crippen molar-refractivity contribution in [3.05, 3.63) is 77.6 Å². The van der Waals surface area contributed by atoms with E-state index in [1.54, 1.807) is 6.08 Å². The number of rotatable bonds is 3. The minimum Gasteiger partial charge on any atom is -0.456 e. The first-order chi connectivity index (χ1) is 10.3. The predicted octanol–water partition coefficient (Wildman–Crippen LogP) is 4.84. The second kappa shape index (κ2) is 5.98. The minimum absolute atomic E-state index is 0.577. The third kappa shape index (κ3) is 2.91. The molecule has 2 aromatic carbocycles. The molecular formula is C18H14ClNO. The highest BCUT2D eigenvalue weighted by Gasteiger charge is 2.05. The molecule has 0 fully saturated rings. The van der Waals surface area contributed by atoms with Crippen LogP contribution < -0.4 is 5.36 Å². The van der Waals surface area contributed by atoms with E-state index in [2.05, 4.69) is 11.6 Å². The number of hydrogen-bond donors (Lipinski definition) is 0. The summed E-state index contributed by atoms with van der Waals surface area (Å²) in [6.07, 6.45) is 1.78. The van der Waals surface area contributed by atoms with Gasteiger partial charge in [0.2, 0.25) is 0 Å². The van der Waals surface area contributed by atoms with Gasteiger partial charge in [-0.25, -0.2) is 0 Å². The van der Waals surface area contributed by atoms with Crippen molar-refractivity contribution >= 4 is 22.6 Å². The van der Waals surface area contributed by atoms with E-state index in [9.17, 15) is 0 Å². The van der Waals surface area contributed by atoms with Crippen LogP contribution in [-0.4, -0.2) is 6.54 Å². The number of halogens is 1. The Hall–Kier alpha value is -2.32. The molecule has 1 aromatic heterocycles. The number of fused-ring (bicyclic) bond motifs is 1. The van der Waals surface area contributed by atoms with Crippen molar-refractivity contribution in [2.75, 3.05) is 6.54 Å². The summed E-state index contributed by atoms with van der Waals surface area (Å²) in [5.41, 5.74) is 1.79. The molecule has 0 bridgehead atoms. The van der Waals surface area contributed by atoms with Crippen LogP contribution in [0.3, 0.4) is 0 Å². The van der Waals surface area contributed by atoms with Crippen molar-refractivity contribution in [2.24, 2.45) is 4.99 Å². The van der Waals surface area contributed by atoms with E-state index in [1.165, 1.54) is 0 Å². The normalized spacial score (nSPS) is 11.8. The minimum atomic E-state index is 0.577. The van der Waals surface area contributed by atoms with E-state index in [4.69, 9.17) is 16.0 Å². The van der Waals surface area contributed by atoms with Crippen LogP contribution in [0.1, 0.15) is 0 Å². The van der Waals surface area contributed by atoms with Crippen molar-refractivity contribution < 1.29 is 4.42 Å². The summed E-state index contributed by atoms with van der Waals surface area (Å²) < 4.78 is 5.98. The van der Waals surface area contributed by atoms with Gasteiger partial charge in [-0.15, -0.1) is 6.58 Å². The number of benzene rings is 2. The van der Waals surface area contributed by atoms with Crippen LogP contribution in [0.15, 0.2) is 76.7 Å². The molecule has 2 nitrogen and oxygen atoms in total. The van der Waals surface area contributed by atoms with Gasteiger partial charge in [-0.2, -0.15) is 0 Å². The topological polar surface area (TPSA) is 25.5 Å². The molecule has 1 heterocycles. The molecule has 104 valence electrons. The van der Waals surface area contributed by atoms with E-state index in [0.29, 0.717) is 11.6 Å².